The summed E-state index contributed by atoms with van der Waals surface area (Å²) in [7, 11) is 0. The fraction of sp³-hybridized carbons (Fsp3) is 0.357. The zero-order valence-corrected chi connectivity index (χ0v) is 12.9. The Kier molecular flexibility index (Phi) is 4.44. The molecule has 5 nitrogen and oxygen atoms in total. The van der Waals surface area contributed by atoms with Gasteiger partial charge in [0.25, 0.3) is 0 Å². The predicted octanol–water partition coefficient (Wildman–Crippen LogP) is 2.37. The molecule has 2 aromatic rings. The quantitative estimate of drug-likeness (QED) is 0.694. The van der Waals surface area contributed by atoms with E-state index in [2.05, 4.69) is 15.4 Å². The molecule has 0 aromatic carbocycles. The first kappa shape index (κ1) is 14.6. The number of aryl methyl sites for hydroxylation is 4. The Bertz CT molecular complexity index is 596. The van der Waals surface area contributed by atoms with Crippen molar-refractivity contribution in [3.63, 3.8) is 0 Å². The van der Waals surface area contributed by atoms with Gasteiger partial charge in [0.2, 0.25) is 5.91 Å². The lowest BCUT2D eigenvalue weighted by Gasteiger charge is -2.10. The molecule has 0 saturated heterocycles. The summed E-state index contributed by atoms with van der Waals surface area (Å²) in [5, 5.41) is 0.638. The molecular weight excluding hydrogens is 272 g/mol. The largest absolute Gasteiger partial charge is 0.272 e. The van der Waals surface area contributed by atoms with Gasteiger partial charge in [0, 0.05) is 22.8 Å². The number of aromatic nitrogens is 3. The maximum absolute atomic E-state index is 11.9. The summed E-state index contributed by atoms with van der Waals surface area (Å²) >= 11 is 1.34. The Morgan fingerprint density at radius 2 is 1.70 bits per heavy atom. The van der Waals surface area contributed by atoms with Crippen LogP contribution in [0.1, 0.15) is 22.8 Å². The number of nitrogens with one attached hydrogen (secondary N) is 1. The van der Waals surface area contributed by atoms with E-state index >= 15 is 0 Å². The summed E-state index contributed by atoms with van der Waals surface area (Å²) in [6, 6.07) is 5.85. The van der Waals surface area contributed by atoms with Gasteiger partial charge >= 0.3 is 0 Å². The van der Waals surface area contributed by atoms with E-state index < -0.39 is 0 Å². The number of amides is 1. The molecular formula is C14H18N4OS. The molecule has 2 aromatic heterocycles. The number of carbonyl (C=O) groups is 1. The second kappa shape index (κ2) is 6.09. The molecule has 106 valence electrons. The Morgan fingerprint density at radius 3 is 2.25 bits per heavy atom. The minimum atomic E-state index is -0.0693. The average Bonchev–Trinajstić information content (AvgIpc) is 2.67. The Morgan fingerprint density at radius 1 is 1.15 bits per heavy atom. The van der Waals surface area contributed by atoms with E-state index in [0.29, 0.717) is 10.9 Å². The molecule has 1 amide bonds. The van der Waals surface area contributed by atoms with Gasteiger partial charge in [-0.3, -0.25) is 14.9 Å². The number of nitrogens with zero attached hydrogens (tertiary/aromatic N) is 3. The van der Waals surface area contributed by atoms with Gasteiger partial charge in [-0.15, -0.1) is 0 Å². The molecule has 0 saturated carbocycles. The maximum Gasteiger partial charge on any atom is 0.249 e. The second-order valence-electron chi connectivity index (χ2n) is 4.71. The monoisotopic (exact) mass is 290 g/mol. The van der Waals surface area contributed by atoms with Crippen molar-refractivity contribution in [3.05, 3.63) is 41.0 Å². The van der Waals surface area contributed by atoms with Crippen LogP contribution < -0.4 is 5.43 Å². The van der Waals surface area contributed by atoms with E-state index in [1.807, 2.05) is 45.9 Å². The average molecular weight is 290 g/mol. The summed E-state index contributed by atoms with van der Waals surface area (Å²) in [5.41, 5.74) is 6.69. The molecule has 6 heteroatoms. The van der Waals surface area contributed by atoms with E-state index in [4.69, 9.17) is 0 Å². The van der Waals surface area contributed by atoms with Crippen LogP contribution >= 0.6 is 11.8 Å². The lowest BCUT2D eigenvalue weighted by Crippen LogP contribution is -2.26. The van der Waals surface area contributed by atoms with Gasteiger partial charge in [0.05, 0.1) is 5.75 Å². The van der Waals surface area contributed by atoms with Crippen molar-refractivity contribution in [2.24, 2.45) is 0 Å². The minimum absolute atomic E-state index is 0.0693. The Hall–Kier alpha value is -1.82. The van der Waals surface area contributed by atoms with Gasteiger partial charge in [-0.25, -0.2) is 9.97 Å². The van der Waals surface area contributed by atoms with E-state index in [1.54, 1.807) is 4.68 Å². The highest BCUT2D eigenvalue weighted by Gasteiger charge is 2.08. The van der Waals surface area contributed by atoms with Crippen LogP contribution in [0.25, 0.3) is 0 Å². The van der Waals surface area contributed by atoms with Crippen molar-refractivity contribution in [1.82, 2.24) is 14.6 Å². The van der Waals surface area contributed by atoms with Gasteiger partial charge < -0.3 is 0 Å². The van der Waals surface area contributed by atoms with Crippen molar-refractivity contribution in [2.75, 3.05) is 11.2 Å². The van der Waals surface area contributed by atoms with Crippen LogP contribution in [0.4, 0.5) is 0 Å². The van der Waals surface area contributed by atoms with Crippen molar-refractivity contribution >= 4 is 17.7 Å². The fourth-order valence-corrected chi connectivity index (χ4v) is 2.63. The molecule has 0 aliphatic heterocycles. The molecule has 0 bridgehead atoms. The SMILES string of the molecule is Cc1cc(C)nc(SCC(=O)Nn2c(C)ccc2C)n1. The van der Waals surface area contributed by atoms with Gasteiger partial charge in [-0.05, 0) is 45.9 Å². The van der Waals surface area contributed by atoms with Crippen molar-refractivity contribution in [1.29, 1.82) is 0 Å². The normalized spacial score (nSPS) is 10.6. The van der Waals surface area contributed by atoms with Crippen molar-refractivity contribution in [3.8, 4) is 0 Å². The second-order valence-corrected chi connectivity index (χ2v) is 5.65. The predicted molar refractivity (Wildman–Crippen MR) is 80.5 cm³/mol. The van der Waals surface area contributed by atoms with E-state index in [1.165, 1.54) is 11.8 Å². The standard InChI is InChI=1S/C14H18N4OS/c1-9-7-10(2)16-14(15-9)20-8-13(19)17-18-11(3)5-6-12(18)4/h5-7H,8H2,1-4H3,(H,17,19). The summed E-state index contributed by atoms with van der Waals surface area (Å²) in [4.78, 5) is 20.6. The lowest BCUT2D eigenvalue weighted by molar-refractivity contribution is -0.114. The summed E-state index contributed by atoms with van der Waals surface area (Å²) in [6.45, 7) is 7.75. The highest BCUT2D eigenvalue weighted by atomic mass is 32.2. The Labute approximate surface area is 122 Å². The molecule has 20 heavy (non-hydrogen) atoms. The number of hydrogen-bond acceptors (Lipinski definition) is 4. The number of carbonyl (C=O) groups excluding carboxylic acids is 1. The molecule has 0 spiro atoms. The van der Waals surface area contributed by atoms with Gasteiger partial charge in [0.1, 0.15) is 0 Å². The third-order valence-corrected chi connectivity index (χ3v) is 3.65. The summed E-state index contributed by atoms with van der Waals surface area (Å²) in [6.07, 6.45) is 0. The number of thioether (sulfide) groups is 1. The van der Waals surface area contributed by atoms with Crippen LogP contribution in [0.2, 0.25) is 0 Å². The number of hydrogen-bond donors (Lipinski definition) is 1. The third-order valence-electron chi connectivity index (χ3n) is 2.80. The summed E-state index contributed by atoms with van der Waals surface area (Å²) in [5.74, 6) is 0.222. The lowest BCUT2D eigenvalue weighted by atomic mass is 10.4. The van der Waals surface area contributed by atoms with Gasteiger partial charge in [-0.2, -0.15) is 0 Å². The van der Waals surface area contributed by atoms with E-state index in [-0.39, 0.29) is 5.91 Å². The maximum atomic E-state index is 11.9. The molecule has 0 radical (unpaired) electrons. The zero-order valence-electron chi connectivity index (χ0n) is 12.1. The van der Waals surface area contributed by atoms with Crippen LogP contribution in [0, 0.1) is 27.7 Å². The fourth-order valence-electron chi connectivity index (χ4n) is 1.89. The molecule has 0 unspecified atom stereocenters. The topological polar surface area (TPSA) is 59.8 Å². The smallest absolute Gasteiger partial charge is 0.249 e. The van der Waals surface area contributed by atoms with Gasteiger partial charge in [-0.1, -0.05) is 11.8 Å². The Balaban J connectivity index is 1.95. The van der Waals surface area contributed by atoms with Crippen molar-refractivity contribution < 1.29 is 4.79 Å². The van der Waals surface area contributed by atoms with E-state index in [0.717, 1.165) is 22.8 Å². The molecule has 0 aliphatic carbocycles. The highest BCUT2D eigenvalue weighted by Crippen LogP contribution is 2.14. The zero-order chi connectivity index (χ0) is 14.7. The van der Waals surface area contributed by atoms with Gasteiger partial charge in [0.15, 0.2) is 5.16 Å². The highest BCUT2D eigenvalue weighted by molar-refractivity contribution is 7.99. The molecule has 2 heterocycles. The van der Waals surface area contributed by atoms with Crippen LogP contribution in [0.3, 0.4) is 0 Å². The van der Waals surface area contributed by atoms with E-state index in [9.17, 15) is 4.79 Å². The first-order valence-electron chi connectivity index (χ1n) is 6.35. The van der Waals surface area contributed by atoms with Crippen molar-refractivity contribution in [2.45, 2.75) is 32.9 Å². The molecule has 0 aliphatic rings. The first-order chi connectivity index (χ1) is 9.45. The molecule has 0 atom stereocenters. The van der Waals surface area contributed by atoms with Crippen LogP contribution in [-0.2, 0) is 4.79 Å². The number of rotatable bonds is 4. The molecule has 0 fully saturated rings. The molecule has 2 rings (SSSR count). The molecule has 1 N–H and O–H groups in total. The summed E-state index contributed by atoms with van der Waals surface area (Å²) < 4.78 is 1.78. The van der Waals surface area contributed by atoms with Crippen LogP contribution in [0.15, 0.2) is 23.4 Å². The minimum Gasteiger partial charge on any atom is -0.272 e. The third kappa shape index (κ3) is 3.60. The van der Waals surface area contributed by atoms with Crippen LogP contribution in [0.5, 0.6) is 0 Å². The first-order valence-corrected chi connectivity index (χ1v) is 7.34. The van der Waals surface area contributed by atoms with Crippen LogP contribution in [-0.4, -0.2) is 26.3 Å².